The van der Waals surface area contributed by atoms with Crippen LogP contribution in [0.2, 0.25) is 0 Å². The van der Waals surface area contributed by atoms with Gasteiger partial charge in [-0.2, -0.15) is 0 Å². The van der Waals surface area contributed by atoms with E-state index in [0.29, 0.717) is 42.5 Å². The SMILES string of the molecule is CCOC(=O)C1=C(NC(=O)c2ccc(-n3ccnc3)nn2)CCC(C)C1. The molecule has 8 heteroatoms. The molecule has 0 aliphatic heterocycles. The number of rotatable bonds is 5. The Morgan fingerprint density at radius 1 is 1.35 bits per heavy atom. The molecule has 0 bridgehead atoms. The first-order valence-corrected chi connectivity index (χ1v) is 8.61. The monoisotopic (exact) mass is 355 g/mol. The molecule has 0 spiro atoms. The zero-order valence-corrected chi connectivity index (χ0v) is 14.8. The van der Waals surface area contributed by atoms with Crippen LogP contribution in [0.15, 0.2) is 42.1 Å². The first kappa shape index (κ1) is 17.8. The molecular formula is C18H21N5O3. The molecule has 0 saturated carbocycles. The smallest absolute Gasteiger partial charge is 0.335 e. The average Bonchev–Trinajstić information content (AvgIpc) is 3.18. The highest BCUT2D eigenvalue weighted by Gasteiger charge is 2.25. The molecule has 0 saturated heterocycles. The maximum atomic E-state index is 12.5. The van der Waals surface area contributed by atoms with Gasteiger partial charge in [-0.1, -0.05) is 6.92 Å². The van der Waals surface area contributed by atoms with E-state index in [2.05, 4.69) is 27.4 Å². The van der Waals surface area contributed by atoms with Crippen LogP contribution in [0, 0.1) is 5.92 Å². The second-order valence-corrected chi connectivity index (χ2v) is 6.23. The van der Waals surface area contributed by atoms with Gasteiger partial charge in [-0.05, 0) is 44.2 Å². The van der Waals surface area contributed by atoms with Crippen molar-refractivity contribution in [2.24, 2.45) is 5.92 Å². The summed E-state index contributed by atoms with van der Waals surface area (Å²) in [5.74, 6) is 0.193. The molecule has 26 heavy (non-hydrogen) atoms. The van der Waals surface area contributed by atoms with Crippen molar-refractivity contribution in [3.05, 3.63) is 47.8 Å². The van der Waals surface area contributed by atoms with Crippen LogP contribution in [0.5, 0.6) is 0 Å². The number of carbonyl (C=O) groups excluding carboxylic acids is 2. The third-order valence-corrected chi connectivity index (χ3v) is 4.24. The number of esters is 1. The molecule has 0 radical (unpaired) electrons. The van der Waals surface area contributed by atoms with E-state index >= 15 is 0 Å². The average molecular weight is 355 g/mol. The van der Waals surface area contributed by atoms with Crippen LogP contribution in [0.3, 0.4) is 0 Å². The van der Waals surface area contributed by atoms with E-state index in [4.69, 9.17) is 4.74 Å². The van der Waals surface area contributed by atoms with Crippen LogP contribution >= 0.6 is 0 Å². The van der Waals surface area contributed by atoms with Crippen LogP contribution < -0.4 is 5.32 Å². The molecule has 0 fully saturated rings. The van der Waals surface area contributed by atoms with Crippen molar-refractivity contribution in [2.75, 3.05) is 6.61 Å². The van der Waals surface area contributed by atoms with Crippen LogP contribution in [-0.2, 0) is 9.53 Å². The fourth-order valence-corrected chi connectivity index (χ4v) is 2.86. The normalized spacial score (nSPS) is 17.1. The lowest BCUT2D eigenvalue weighted by atomic mass is 9.88. The van der Waals surface area contributed by atoms with Gasteiger partial charge in [0, 0.05) is 18.1 Å². The number of carbonyl (C=O) groups is 2. The van der Waals surface area contributed by atoms with Gasteiger partial charge in [-0.15, -0.1) is 10.2 Å². The molecule has 1 N–H and O–H groups in total. The summed E-state index contributed by atoms with van der Waals surface area (Å²) in [5.41, 5.74) is 1.34. The highest BCUT2D eigenvalue weighted by Crippen LogP contribution is 2.28. The highest BCUT2D eigenvalue weighted by atomic mass is 16.5. The van der Waals surface area contributed by atoms with E-state index in [1.807, 2.05) is 0 Å². The van der Waals surface area contributed by atoms with Crippen molar-refractivity contribution >= 4 is 11.9 Å². The van der Waals surface area contributed by atoms with Crippen molar-refractivity contribution in [1.29, 1.82) is 0 Å². The Labute approximate surface area is 151 Å². The molecule has 2 aromatic rings. The molecule has 1 aliphatic carbocycles. The van der Waals surface area contributed by atoms with Gasteiger partial charge in [0.2, 0.25) is 0 Å². The molecule has 1 unspecified atom stereocenters. The maximum Gasteiger partial charge on any atom is 0.335 e. The van der Waals surface area contributed by atoms with E-state index in [1.165, 1.54) is 0 Å². The van der Waals surface area contributed by atoms with Gasteiger partial charge in [0.25, 0.3) is 5.91 Å². The number of nitrogens with zero attached hydrogens (tertiary/aromatic N) is 4. The molecular weight excluding hydrogens is 334 g/mol. The number of hydrogen-bond acceptors (Lipinski definition) is 6. The van der Waals surface area contributed by atoms with Gasteiger partial charge in [-0.3, -0.25) is 9.36 Å². The Morgan fingerprint density at radius 3 is 2.85 bits per heavy atom. The standard InChI is InChI=1S/C18H21N5O3/c1-3-26-18(25)13-10-12(2)4-5-14(13)20-17(24)15-6-7-16(22-21-15)23-9-8-19-11-23/h6-9,11-12H,3-5,10H2,1-2H3,(H,20,24). The predicted molar refractivity (Wildman–Crippen MR) is 93.3 cm³/mol. The minimum Gasteiger partial charge on any atom is -0.463 e. The lowest BCUT2D eigenvalue weighted by Crippen LogP contribution is -2.30. The number of allylic oxidation sites excluding steroid dienone is 1. The summed E-state index contributed by atoms with van der Waals surface area (Å²) in [6.45, 7) is 4.15. The molecule has 3 rings (SSSR count). The Hall–Kier alpha value is -3.03. The van der Waals surface area contributed by atoms with E-state index < -0.39 is 0 Å². The molecule has 1 aliphatic rings. The number of nitrogens with one attached hydrogen (secondary N) is 1. The number of imidazole rings is 1. The Balaban J connectivity index is 1.76. The summed E-state index contributed by atoms with van der Waals surface area (Å²) < 4.78 is 6.81. The zero-order chi connectivity index (χ0) is 18.5. The largest absolute Gasteiger partial charge is 0.463 e. The van der Waals surface area contributed by atoms with Crippen molar-refractivity contribution in [3.8, 4) is 5.82 Å². The van der Waals surface area contributed by atoms with Gasteiger partial charge in [0.15, 0.2) is 11.5 Å². The Kier molecular flexibility index (Phi) is 5.40. The second kappa shape index (κ2) is 7.90. The zero-order valence-electron chi connectivity index (χ0n) is 14.8. The number of ether oxygens (including phenoxy) is 1. The van der Waals surface area contributed by atoms with Crippen LogP contribution in [0.4, 0.5) is 0 Å². The first-order chi connectivity index (χ1) is 12.6. The lowest BCUT2D eigenvalue weighted by molar-refractivity contribution is -0.139. The minimum absolute atomic E-state index is 0.184. The van der Waals surface area contributed by atoms with Crippen LogP contribution in [0.1, 0.15) is 43.6 Å². The topological polar surface area (TPSA) is 99.0 Å². The van der Waals surface area contributed by atoms with Gasteiger partial charge < -0.3 is 10.1 Å². The van der Waals surface area contributed by atoms with E-state index in [1.54, 1.807) is 42.3 Å². The highest BCUT2D eigenvalue weighted by molar-refractivity contribution is 5.96. The van der Waals surface area contributed by atoms with Crippen LogP contribution in [-0.4, -0.2) is 38.2 Å². The molecule has 2 heterocycles. The predicted octanol–water partition coefficient (Wildman–Crippen LogP) is 2.03. The van der Waals surface area contributed by atoms with Crippen molar-refractivity contribution in [1.82, 2.24) is 25.1 Å². The summed E-state index contributed by atoms with van der Waals surface area (Å²) in [7, 11) is 0. The van der Waals surface area contributed by atoms with Gasteiger partial charge >= 0.3 is 5.97 Å². The fraction of sp³-hybridized carbons (Fsp3) is 0.389. The summed E-state index contributed by atoms with van der Waals surface area (Å²) >= 11 is 0. The minimum atomic E-state index is -0.388. The second-order valence-electron chi connectivity index (χ2n) is 6.23. The number of aromatic nitrogens is 4. The van der Waals surface area contributed by atoms with E-state index in [-0.39, 0.29) is 17.6 Å². The summed E-state index contributed by atoms with van der Waals surface area (Å²) in [5, 5.41) is 10.8. The van der Waals surface area contributed by atoms with Crippen molar-refractivity contribution in [2.45, 2.75) is 33.1 Å². The Morgan fingerprint density at radius 2 is 2.19 bits per heavy atom. The summed E-state index contributed by atoms with van der Waals surface area (Å²) in [6.07, 6.45) is 7.10. The first-order valence-electron chi connectivity index (χ1n) is 8.61. The third kappa shape index (κ3) is 3.96. The molecule has 136 valence electrons. The van der Waals surface area contributed by atoms with Gasteiger partial charge in [0.05, 0.1) is 12.2 Å². The van der Waals surface area contributed by atoms with Gasteiger partial charge in [-0.25, -0.2) is 9.78 Å². The van der Waals surface area contributed by atoms with E-state index in [0.717, 1.165) is 6.42 Å². The molecule has 2 aromatic heterocycles. The van der Waals surface area contributed by atoms with Crippen molar-refractivity contribution in [3.63, 3.8) is 0 Å². The molecule has 8 nitrogen and oxygen atoms in total. The number of hydrogen-bond donors (Lipinski definition) is 1. The van der Waals surface area contributed by atoms with Crippen LogP contribution in [0.25, 0.3) is 5.82 Å². The fourth-order valence-electron chi connectivity index (χ4n) is 2.86. The third-order valence-electron chi connectivity index (χ3n) is 4.24. The van der Waals surface area contributed by atoms with Gasteiger partial charge in [0.1, 0.15) is 6.33 Å². The summed E-state index contributed by atoms with van der Waals surface area (Å²) in [6, 6.07) is 3.28. The lowest BCUT2D eigenvalue weighted by Gasteiger charge is -2.24. The van der Waals surface area contributed by atoms with E-state index in [9.17, 15) is 9.59 Å². The number of amides is 1. The van der Waals surface area contributed by atoms with Crippen molar-refractivity contribution < 1.29 is 14.3 Å². The quantitative estimate of drug-likeness (QED) is 0.824. The maximum absolute atomic E-state index is 12.5. The molecule has 0 aromatic carbocycles. The molecule has 1 amide bonds. The molecule has 1 atom stereocenters. The Bertz CT molecular complexity index is 812. The summed E-state index contributed by atoms with van der Waals surface area (Å²) in [4.78, 5) is 28.6.